The van der Waals surface area contributed by atoms with Crippen molar-refractivity contribution in [1.82, 2.24) is 15.2 Å². The average Bonchev–Trinajstić information content (AvgIpc) is 2.68. The van der Waals surface area contributed by atoms with Crippen molar-refractivity contribution in [3.05, 3.63) is 54.0 Å². The van der Waals surface area contributed by atoms with Gasteiger partial charge in [-0.3, -0.25) is 0 Å². The van der Waals surface area contributed by atoms with E-state index >= 15 is 0 Å². The minimum atomic E-state index is -3.11. The molecular weight excluding hydrogens is 534 g/mol. The number of nitrogens with zero attached hydrogens (tertiary/aromatic N) is 3. The number of nitrogens with one attached hydrogen (secondary N) is 1. The number of benzene rings is 1. The van der Waals surface area contributed by atoms with Crippen LogP contribution in [0.3, 0.4) is 0 Å². The molecule has 0 saturated carbocycles. The molecule has 3 rings (SSSR count). The van der Waals surface area contributed by atoms with E-state index in [1.807, 2.05) is 17.9 Å². The zero-order valence-corrected chi connectivity index (χ0v) is 21.0. The highest BCUT2D eigenvalue weighted by Gasteiger charge is 2.40. The Labute approximate surface area is 200 Å². The molecule has 2 heterocycles. The minimum Gasteiger partial charge on any atom is -0.439 e. The summed E-state index contributed by atoms with van der Waals surface area (Å²) in [4.78, 5) is 10.9. The number of guanidine groups is 1. The Bertz CT molecular complexity index is 1010. The van der Waals surface area contributed by atoms with Crippen molar-refractivity contribution in [2.24, 2.45) is 4.99 Å². The number of ether oxygens (including phenoxy) is 1. The summed E-state index contributed by atoms with van der Waals surface area (Å²) in [6, 6.07) is 9.43. The summed E-state index contributed by atoms with van der Waals surface area (Å²) in [5.41, 5.74) is 0.876. The van der Waals surface area contributed by atoms with Gasteiger partial charge in [0, 0.05) is 38.0 Å². The maximum Gasteiger partial charge on any atom is 0.219 e. The van der Waals surface area contributed by atoms with Gasteiger partial charge < -0.3 is 15.0 Å². The number of hydrogen-bond acceptors (Lipinski definition) is 5. The van der Waals surface area contributed by atoms with Gasteiger partial charge in [-0.15, -0.1) is 24.0 Å². The van der Waals surface area contributed by atoms with Crippen molar-refractivity contribution in [2.45, 2.75) is 32.1 Å². The molecule has 1 N–H and O–H groups in total. The molecule has 0 bridgehead atoms. The Hall–Kier alpha value is -1.95. The van der Waals surface area contributed by atoms with E-state index in [0.29, 0.717) is 43.8 Å². The van der Waals surface area contributed by atoms with E-state index in [4.69, 9.17) is 4.74 Å². The van der Waals surface area contributed by atoms with E-state index in [9.17, 15) is 12.8 Å². The monoisotopic (exact) mass is 562 g/mol. The summed E-state index contributed by atoms with van der Waals surface area (Å²) in [6.07, 6.45) is 1.66. The van der Waals surface area contributed by atoms with E-state index in [-0.39, 0.29) is 35.5 Å². The Balaban J connectivity index is 0.00000341. The highest BCUT2D eigenvalue weighted by Crippen LogP contribution is 2.24. The third kappa shape index (κ3) is 6.52. The third-order valence-corrected chi connectivity index (χ3v) is 7.44. The van der Waals surface area contributed by atoms with E-state index < -0.39 is 14.6 Å². The molecule has 1 fully saturated rings. The van der Waals surface area contributed by atoms with E-state index in [1.54, 1.807) is 38.2 Å². The van der Waals surface area contributed by atoms with Gasteiger partial charge in [0.25, 0.3) is 0 Å². The van der Waals surface area contributed by atoms with Gasteiger partial charge in [-0.05, 0) is 38.5 Å². The molecule has 0 amide bonds. The van der Waals surface area contributed by atoms with Gasteiger partial charge in [0.15, 0.2) is 15.8 Å². The molecule has 1 saturated heterocycles. The van der Waals surface area contributed by atoms with Gasteiger partial charge in [0.05, 0.1) is 17.0 Å². The highest BCUT2D eigenvalue weighted by molar-refractivity contribution is 14.0. The van der Waals surface area contributed by atoms with Crippen LogP contribution in [0.5, 0.6) is 11.6 Å². The molecule has 0 unspecified atom stereocenters. The number of pyridine rings is 1. The normalized spacial score (nSPS) is 17.5. The summed E-state index contributed by atoms with van der Waals surface area (Å²) in [7, 11) is -3.11. The first kappa shape index (κ1) is 25.3. The fourth-order valence-electron chi connectivity index (χ4n) is 3.13. The van der Waals surface area contributed by atoms with Gasteiger partial charge in [-0.25, -0.2) is 22.8 Å². The van der Waals surface area contributed by atoms with Crippen LogP contribution in [0.25, 0.3) is 0 Å². The molecule has 0 aliphatic carbocycles. The molecule has 0 spiro atoms. The fourth-order valence-corrected chi connectivity index (χ4v) is 4.50. The SMILES string of the molecule is CCNC(=NCc1ccc(Oc2cccc(F)c2)nc1)N1CCS(=O)(=O)C(C)(C)C1.I. The standard InChI is InChI=1S/C21H27FN4O3S.HI/c1-4-23-20(26-10-11-30(27,28)21(2,3)15-26)25-14-16-8-9-19(24-13-16)29-18-7-5-6-17(22)12-18;/h5-9,12-13H,4,10-11,14-15H2,1-3H3,(H,23,25);1H. The maximum atomic E-state index is 13.3. The predicted octanol–water partition coefficient (Wildman–Crippen LogP) is 3.61. The molecule has 1 aliphatic rings. The molecule has 2 aromatic rings. The van der Waals surface area contributed by atoms with Crippen LogP contribution in [0, 0.1) is 5.82 Å². The molecule has 10 heteroatoms. The fraction of sp³-hybridized carbons (Fsp3) is 0.429. The predicted molar refractivity (Wildman–Crippen MR) is 130 cm³/mol. The second-order valence-corrected chi connectivity index (χ2v) is 10.5. The molecule has 1 aliphatic heterocycles. The Morgan fingerprint density at radius 2 is 2.10 bits per heavy atom. The molecular formula is C21H28FIN4O3S. The van der Waals surface area contributed by atoms with Crippen LogP contribution in [-0.2, 0) is 16.4 Å². The second kappa shape index (κ2) is 10.6. The van der Waals surface area contributed by atoms with Crippen molar-refractivity contribution < 1.29 is 17.5 Å². The first-order valence-corrected chi connectivity index (χ1v) is 11.5. The van der Waals surface area contributed by atoms with Crippen LogP contribution < -0.4 is 10.1 Å². The maximum absolute atomic E-state index is 13.3. The number of sulfone groups is 1. The van der Waals surface area contributed by atoms with Crippen LogP contribution >= 0.6 is 24.0 Å². The van der Waals surface area contributed by atoms with Gasteiger partial charge >= 0.3 is 0 Å². The van der Waals surface area contributed by atoms with Crippen molar-refractivity contribution >= 4 is 39.8 Å². The molecule has 0 radical (unpaired) electrons. The zero-order valence-electron chi connectivity index (χ0n) is 17.8. The molecule has 0 atom stereocenters. The van der Waals surface area contributed by atoms with Crippen molar-refractivity contribution in [1.29, 1.82) is 0 Å². The molecule has 1 aromatic carbocycles. The van der Waals surface area contributed by atoms with Crippen molar-refractivity contribution in [3.63, 3.8) is 0 Å². The van der Waals surface area contributed by atoms with Crippen LogP contribution in [-0.4, -0.2) is 54.4 Å². The third-order valence-electron chi connectivity index (χ3n) is 4.91. The van der Waals surface area contributed by atoms with Crippen LogP contribution in [0.4, 0.5) is 4.39 Å². The second-order valence-electron chi connectivity index (χ2n) is 7.73. The van der Waals surface area contributed by atoms with Crippen molar-refractivity contribution in [3.8, 4) is 11.6 Å². The molecule has 1 aromatic heterocycles. The quantitative estimate of drug-likeness (QED) is 0.341. The van der Waals surface area contributed by atoms with Crippen LogP contribution in [0.1, 0.15) is 26.3 Å². The number of halogens is 2. The van der Waals surface area contributed by atoms with Gasteiger partial charge in [0.2, 0.25) is 5.88 Å². The smallest absolute Gasteiger partial charge is 0.219 e. The van der Waals surface area contributed by atoms with Crippen molar-refractivity contribution in [2.75, 3.05) is 25.4 Å². The largest absolute Gasteiger partial charge is 0.439 e. The number of aromatic nitrogens is 1. The first-order chi connectivity index (χ1) is 14.2. The lowest BCUT2D eigenvalue weighted by Crippen LogP contribution is -2.57. The molecule has 170 valence electrons. The first-order valence-electron chi connectivity index (χ1n) is 9.84. The van der Waals surface area contributed by atoms with E-state index in [1.165, 1.54) is 12.1 Å². The molecule has 7 nitrogen and oxygen atoms in total. The van der Waals surface area contributed by atoms with Crippen LogP contribution in [0.15, 0.2) is 47.6 Å². The average molecular weight is 562 g/mol. The number of rotatable bonds is 5. The summed E-state index contributed by atoms with van der Waals surface area (Å²) in [5.74, 6) is 1.16. The Morgan fingerprint density at radius 3 is 2.71 bits per heavy atom. The number of aliphatic imine (C=N–C) groups is 1. The van der Waals surface area contributed by atoms with E-state index in [0.717, 1.165) is 5.56 Å². The van der Waals surface area contributed by atoms with Crippen LogP contribution in [0.2, 0.25) is 0 Å². The minimum absolute atomic E-state index is 0. The summed E-state index contributed by atoms with van der Waals surface area (Å²) in [6.45, 7) is 7.34. The molecule has 31 heavy (non-hydrogen) atoms. The summed E-state index contributed by atoms with van der Waals surface area (Å²) >= 11 is 0. The summed E-state index contributed by atoms with van der Waals surface area (Å²) < 4.78 is 42.5. The number of hydrogen-bond donors (Lipinski definition) is 1. The topological polar surface area (TPSA) is 83.9 Å². The lowest BCUT2D eigenvalue weighted by Gasteiger charge is -2.39. The van der Waals surface area contributed by atoms with E-state index in [2.05, 4.69) is 15.3 Å². The van der Waals surface area contributed by atoms with Gasteiger partial charge in [-0.2, -0.15) is 0 Å². The van der Waals surface area contributed by atoms with Gasteiger partial charge in [-0.1, -0.05) is 12.1 Å². The summed E-state index contributed by atoms with van der Waals surface area (Å²) in [5, 5.41) is 3.24. The lowest BCUT2D eigenvalue weighted by atomic mass is 10.2. The Kier molecular flexibility index (Phi) is 8.64. The van der Waals surface area contributed by atoms with Gasteiger partial charge in [0.1, 0.15) is 11.6 Å². The highest BCUT2D eigenvalue weighted by atomic mass is 127. The lowest BCUT2D eigenvalue weighted by molar-refractivity contribution is 0.353. The zero-order chi connectivity index (χ0) is 21.8. The Morgan fingerprint density at radius 1 is 1.32 bits per heavy atom.